The first-order chi connectivity index (χ1) is 18.9. The van der Waals surface area contributed by atoms with Crippen LogP contribution in [0.1, 0.15) is 47.6 Å². The highest BCUT2D eigenvalue weighted by atomic mass is 16.5. The summed E-state index contributed by atoms with van der Waals surface area (Å²) in [5.74, 6) is 0.0259. The number of nitrogens with zero attached hydrogens (tertiary/aromatic N) is 3. The van der Waals surface area contributed by atoms with Gasteiger partial charge in [0.25, 0.3) is 5.91 Å². The van der Waals surface area contributed by atoms with E-state index in [1.165, 1.54) is 0 Å². The lowest BCUT2D eigenvalue weighted by molar-refractivity contribution is -0.121. The van der Waals surface area contributed by atoms with Crippen LogP contribution < -0.4 is 21.5 Å². The van der Waals surface area contributed by atoms with Crippen molar-refractivity contribution >= 4 is 28.5 Å². The number of imidazole rings is 1. The number of rotatable bonds is 8. The van der Waals surface area contributed by atoms with Crippen LogP contribution >= 0.6 is 0 Å². The number of carbonyl (C=O) groups excluding carboxylic acids is 2. The number of hydrogen-bond donors (Lipinski definition) is 2. The smallest absolute Gasteiger partial charge is 0.329 e. The molecule has 5 rings (SSSR count). The summed E-state index contributed by atoms with van der Waals surface area (Å²) in [7, 11) is 1.61. The first-order valence-electron chi connectivity index (χ1n) is 13.7. The average Bonchev–Trinajstić information content (AvgIpc) is 3.24. The van der Waals surface area contributed by atoms with Crippen LogP contribution in [0.5, 0.6) is 5.75 Å². The number of benzene rings is 2. The van der Waals surface area contributed by atoms with Gasteiger partial charge in [0, 0.05) is 49.9 Å². The fourth-order valence-corrected chi connectivity index (χ4v) is 5.90. The highest BCUT2D eigenvalue weighted by Gasteiger charge is 2.31. The van der Waals surface area contributed by atoms with Gasteiger partial charge in [-0.05, 0) is 56.4 Å². The minimum atomic E-state index is -0.550. The number of aromatic nitrogens is 2. The Morgan fingerprint density at radius 3 is 2.51 bits per heavy atom. The molecule has 2 aliphatic rings. The second-order valence-electron chi connectivity index (χ2n) is 10.5. The molecule has 0 unspecified atom stereocenters. The number of fused-ring (bicyclic) bond motifs is 1. The molecule has 1 aliphatic carbocycles. The molecule has 3 aromatic rings. The van der Waals surface area contributed by atoms with Crippen molar-refractivity contribution in [2.24, 2.45) is 11.7 Å². The standard InChI is InChI=1S/C29H37N5O5/c1-19-6-9-21(18-25(19)38-2)31-28(36)20-7-10-22(11-8-20)34-24-5-3-4-23(27(30)35)26(24)33(29(34)37)13-12-32-14-16-39-17-15-32/h3-6,9,18,20,22H,7-8,10-17H2,1-2H3,(H2,30,35)(H,31,36). The first-order valence-corrected chi connectivity index (χ1v) is 13.7. The molecule has 2 aromatic carbocycles. The summed E-state index contributed by atoms with van der Waals surface area (Å²) in [4.78, 5) is 41.4. The van der Waals surface area contributed by atoms with Crippen LogP contribution in [0.2, 0.25) is 0 Å². The Balaban J connectivity index is 1.35. The van der Waals surface area contributed by atoms with E-state index in [1.54, 1.807) is 23.8 Å². The fraction of sp³-hybridized carbons (Fsp3) is 0.483. The van der Waals surface area contributed by atoms with Crippen LogP contribution in [-0.4, -0.2) is 65.8 Å². The number of amides is 2. The number of anilines is 1. The Morgan fingerprint density at radius 1 is 1.08 bits per heavy atom. The number of methoxy groups -OCH3 is 1. The van der Waals surface area contributed by atoms with Crippen molar-refractivity contribution in [3.8, 4) is 5.75 Å². The van der Waals surface area contributed by atoms with Crippen molar-refractivity contribution in [1.29, 1.82) is 0 Å². The number of nitrogens with two attached hydrogens (primary N) is 1. The summed E-state index contributed by atoms with van der Waals surface area (Å²) in [6, 6.07) is 10.9. The van der Waals surface area contributed by atoms with Gasteiger partial charge in [-0.2, -0.15) is 0 Å². The number of para-hydroxylation sites is 1. The monoisotopic (exact) mass is 535 g/mol. The zero-order valence-corrected chi connectivity index (χ0v) is 22.7. The maximum atomic E-state index is 13.8. The molecule has 0 bridgehead atoms. The topological polar surface area (TPSA) is 121 Å². The lowest BCUT2D eigenvalue weighted by atomic mass is 9.85. The minimum absolute atomic E-state index is 0.0179. The van der Waals surface area contributed by atoms with Gasteiger partial charge in [-0.15, -0.1) is 0 Å². The van der Waals surface area contributed by atoms with Gasteiger partial charge in [0.2, 0.25) is 5.91 Å². The molecule has 1 saturated carbocycles. The zero-order valence-electron chi connectivity index (χ0n) is 22.7. The van der Waals surface area contributed by atoms with E-state index in [2.05, 4.69) is 10.2 Å². The molecule has 0 atom stereocenters. The Hall–Kier alpha value is -3.63. The van der Waals surface area contributed by atoms with Gasteiger partial charge < -0.3 is 20.5 Å². The number of nitrogens with one attached hydrogen (secondary N) is 1. The normalized spacial score (nSPS) is 20.2. The Bertz CT molecular complexity index is 1410. The van der Waals surface area contributed by atoms with Crippen molar-refractivity contribution in [2.45, 2.75) is 45.2 Å². The first kappa shape index (κ1) is 27.0. The molecule has 10 heteroatoms. The summed E-state index contributed by atoms with van der Waals surface area (Å²) >= 11 is 0. The quantitative estimate of drug-likeness (QED) is 0.458. The van der Waals surface area contributed by atoms with Crippen LogP contribution in [0.25, 0.3) is 11.0 Å². The van der Waals surface area contributed by atoms with E-state index in [0.29, 0.717) is 68.8 Å². The van der Waals surface area contributed by atoms with Crippen LogP contribution in [-0.2, 0) is 16.1 Å². The molecule has 10 nitrogen and oxygen atoms in total. The van der Waals surface area contributed by atoms with Crippen molar-refractivity contribution in [2.75, 3.05) is 45.3 Å². The summed E-state index contributed by atoms with van der Waals surface area (Å²) in [6.07, 6.45) is 2.72. The van der Waals surface area contributed by atoms with Gasteiger partial charge in [0.05, 0.1) is 36.9 Å². The predicted octanol–water partition coefficient (Wildman–Crippen LogP) is 2.92. The van der Waals surface area contributed by atoms with Crippen LogP contribution in [0, 0.1) is 12.8 Å². The molecule has 1 saturated heterocycles. The third kappa shape index (κ3) is 5.58. The summed E-state index contributed by atoms with van der Waals surface area (Å²) in [5, 5.41) is 3.02. The van der Waals surface area contributed by atoms with Crippen LogP contribution in [0.4, 0.5) is 5.69 Å². The summed E-state index contributed by atoms with van der Waals surface area (Å²) in [5.41, 5.74) is 8.97. The Morgan fingerprint density at radius 2 is 1.82 bits per heavy atom. The van der Waals surface area contributed by atoms with E-state index in [-0.39, 0.29) is 23.6 Å². The molecule has 0 radical (unpaired) electrons. The number of ether oxygens (including phenoxy) is 2. The van der Waals surface area contributed by atoms with Gasteiger partial charge in [-0.3, -0.25) is 23.6 Å². The SMILES string of the molecule is COc1cc(NC(=O)C2CCC(n3c(=O)n(CCN4CCOCC4)c4c(C(N)=O)cccc43)CC2)ccc1C. The van der Waals surface area contributed by atoms with E-state index in [0.717, 1.165) is 29.9 Å². The number of aryl methyl sites for hydroxylation is 1. The number of carbonyl (C=O) groups is 2. The number of hydrogen-bond acceptors (Lipinski definition) is 6. The second-order valence-corrected chi connectivity index (χ2v) is 10.5. The highest BCUT2D eigenvalue weighted by Crippen LogP contribution is 2.35. The van der Waals surface area contributed by atoms with Gasteiger partial charge in [-0.1, -0.05) is 12.1 Å². The maximum Gasteiger partial charge on any atom is 0.329 e. The molecule has 3 N–H and O–H groups in total. The number of morpholine rings is 1. The molecular weight excluding hydrogens is 498 g/mol. The average molecular weight is 536 g/mol. The largest absolute Gasteiger partial charge is 0.496 e. The minimum Gasteiger partial charge on any atom is -0.496 e. The molecule has 39 heavy (non-hydrogen) atoms. The van der Waals surface area contributed by atoms with Crippen LogP contribution in [0.15, 0.2) is 41.2 Å². The second kappa shape index (κ2) is 11.6. The number of primary amides is 1. The molecule has 1 aliphatic heterocycles. The van der Waals surface area contributed by atoms with Crippen molar-refractivity contribution in [1.82, 2.24) is 14.0 Å². The van der Waals surface area contributed by atoms with E-state index in [9.17, 15) is 14.4 Å². The molecule has 0 spiro atoms. The summed E-state index contributed by atoms with van der Waals surface area (Å²) < 4.78 is 14.3. The fourth-order valence-electron chi connectivity index (χ4n) is 5.90. The predicted molar refractivity (Wildman–Crippen MR) is 149 cm³/mol. The Labute approximate surface area is 227 Å². The lowest BCUT2D eigenvalue weighted by Crippen LogP contribution is -2.39. The van der Waals surface area contributed by atoms with E-state index >= 15 is 0 Å². The van der Waals surface area contributed by atoms with E-state index < -0.39 is 5.91 Å². The van der Waals surface area contributed by atoms with Gasteiger partial charge in [-0.25, -0.2) is 4.79 Å². The third-order valence-electron chi connectivity index (χ3n) is 8.10. The lowest BCUT2D eigenvalue weighted by Gasteiger charge is -2.28. The zero-order chi connectivity index (χ0) is 27.5. The molecule has 1 aromatic heterocycles. The van der Waals surface area contributed by atoms with Crippen molar-refractivity contribution in [3.63, 3.8) is 0 Å². The molecule has 2 heterocycles. The summed E-state index contributed by atoms with van der Waals surface area (Å²) in [6.45, 7) is 6.10. The van der Waals surface area contributed by atoms with Crippen molar-refractivity contribution in [3.05, 3.63) is 58.0 Å². The molecule has 208 valence electrons. The third-order valence-corrected chi connectivity index (χ3v) is 8.10. The Kier molecular flexibility index (Phi) is 8.04. The van der Waals surface area contributed by atoms with Gasteiger partial charge >= 0.3 is 5.69 Å². The van der Waals surface area contributed by atoms with Crippen LogP contribution in [0.3, 0.4) is 0 Å². The van der Waals surface area contributed by atoms with Crippen molar-refractivity contribution < 1.29 is 19.1 Å². The molecule has 2 amide bonds. The highest BCUT2D eigenvalue weighted by molar-refractivity contribution is 6.04. The molecular formula is C29H37N5O5. The van der Waals surface area contributed by atoms with Gasteiger partial charge in [0.15, 0.2) is 0 Å². The van der Waals surface area contributed by atoms with Gasteiger partial charge in [0.1, 0.15) is 5.75 Å². The molecule has 2 fully saturated rings. The van der Waals surface area contributed by atoms with E-state index in [4.69, 9.17) is 15.2 Å². The van der Waals surface area contributed by atoms with E-state index in [1.807, 2.05) is 35.8 Å². The maximum absolute atomic E-state index is 13.8.